The van der Waals surface area contributed by atoms with Gasteiger partial charge < -0.3 is 15.0 Å². The topological polar surface area (TPSA) is 67.4 Å². The largest absolute Gasteiger partial charge is 0.376 e. The minimum absolute atomic E-state index is 0.0169. The number of likely N-dealkylation sites (tertiary alicyclic amines) is 1. The van der Waals surface area contributed by atoms with Gasteiger partial charge in [-0.15, -0.1) is 5.92 Å². The molecule has 148 valence electrons. The number of fused-ring (bicyclic) bond motifs is 1. The van der Waals surface area contributed by atoms with Crippen LogP contribution in [0.25, 0.3) is 0 Å². The third-order valence-corrected chi connectivity index (χ3v) is 6.29. The Kier molecular flexibility index (Phi) is 4.45. The van der Waals surface area contributed by atoms with E-state index in [-0.39, 0.29) is 17.5 Å². The van der Waals surface area contributed by atoms with E-state index in [1.807, 2.05) is 24.0 Å². The summed E-state index contributed by atoms with van der Waals surface area (Å²) in [6.07, 6.45) is 5.91. The van der Waals surface area contributed by atoms with Gasteiger partial charge in [-0.3, -0.25) is 4.79 Å². The Hall–Kier alpha value is -2.62. The zero-order chi connectivity index (χ0) is 20.0. The average molecular weight is 409 g/mol. The van der Waals surface area contributed by atoms with Crippen LogP contribution >= 0.6 is 11.6 Å². The number of carbonyl (C=O) groups is 1. The molecule has 7 heteroatoms. The first kappa shape index (κ1) is 18.4. The van der Waals surface area contributed by atoms with Crippen molar-refractivity contribution in [3.63, 3.8) is 0 Å². The van der Waals surface area contributed by atoms with E-state index in [1.165, 1.54) is 11.1 Å². The number of hydrogen-bond donors (Lipinski definition) is 1. The molecular weight excluding hydrogens is 388 g/mol. The van der Waals surface area contributed by atoms with Crippen LogP contribution in [0.1, 0.15) is 40.4 Å². The Bertz CT molecular complexity index is 1030. The smallest absolute Gasteiger partial charge is 0.257 e. The highest BCUT2D eigenvalue weighted by atomic mass is 35.5. The molecule has 1 aromatic heterocycles. The second kappa shape index (κ2) is 7.01. The lowest BCUT2D eigenvalue weighted by Crippen LogP contribution is -2.72. The molecule has 3 aliphatic rings. The molecule has 0 bridgehead atoms. The molecule has 2 aliphatic heterocycles. The van der Waals surface area contributed by atoms with Crippen LogP contribution in [0.2, 0.25) is 5.02 Å². The Morgan fingerprint density at radius 1 is 1.31 bits per heavy atom. The van der Waals surface area contributed by atoms with Crippen LogP contribution in [0.5, 0.6) is 0 Å². The third kappa shape index (κ3) is 3.15. The maximum absolute atomic E-state index is 12.7. The van der Waals surface area contributed by atoms with Crippen molar-refractivity contribution in [1.29, 1.82) is 0 Å². The predicted molar refractivity (Wildman–Crippen MR) is 110 cm³/mol. The van der Waals surface area contributed by atoms with Crippen LogP contribution < -0.4 is 5.32 Å². The van der Waals surface area contributed by atoms with Gasteiger partial charge in [-0.05, 0) is 49.4 Å². The van der Waals surface area contributed by atoms with Crippen LogP contribution in [0.15, 0.2) is 24.5 Å². The van der Waals surface area contributed by atoms with E-state index in [0.29, 0.717) is 29.7 Å². The van der Waals surface area contributed by atoms with Crippen LogP contribution in [0.4, 0.5) is 5.95 Å². The van der Waals surface area contributed by atoms with Crippen LogP contribution in [0.3, 0.4) is 0 Å². The summed E-state index contributed by atoms with van der Waals surface area (Å²) in [4.78, 5) is 23.4. The third-order valence-electron chi connectivity index (χ3n) is 6.08. The Balaban J connectivity index is 1.26. The van der Waals surface area contributed by atoms with Gasteiger partial charge in [0, 0.05) is 35.6 Å². The molecule has 5 rings (SSSR count). The van der Waals surface area contributed by atoms with E-state index in [4.69, 9.17) is 16.3 Å². The molecule has 29 heavy (non-hydrogen) atoms. The molecule has 1 aliphatic carbocycles. The van der Waals surface area contributed by atoms with E-state index in [0.717, 1.165) is 31.4 Å². The summed E-state index contributed by atoms with van der Waals surface area (Å²) in [5.41, 5.74) is 3.88. The second-order valence-corrected chi connectivity index (χ2v) is 8.37. The van der Waals surface area contributed by atoms with Crippen molar-refractivity contribution in [2.75, 3.05) is 25.1 Å². The summed E-state index contributed by atoms with van der Waals surface area (Å²) in [6.45, 7) is 3.87. The number of ether oxygens (including phenoxy) is 1. The zero-order valence-corrected chi connectivity index (χ0v) is 16.9. The molecule has 3 heterocycles. The number of nitrogens with zero attached hydrogens (tertiary/aromatic N) is 3. The van der Waals surface area contributed by atoms with Gasteiger partial charge in [0.25, 0.3) is 5.91 Å². The number of nitrogens with one attached hydrogen (secondary N) is 1. The van der Waals surface area contributed by atoms with Gasteiger partial charge in [0.05, 0.1) is 24.3 Å². The van der Waals surface area contributed by atoms with E-state index < -0.39 is 0 Å². The van der Waals surface area contributed by atoms with Crippen molar-refractivity contribution in [2.45, 2.75) is 37.8 Å². The molecular formula is C22H21ClN4O2. The van der Waals surface area contributed by atoms with Crippen LogP contribution in [0, 0.1) is 11.8 Å². The molecule has 6 nitrogen and oxygen atoms in total. The molecule has 0 saturated carbocycles. The highest BCUT2D eigenvalue weighted by Crippen LogP contribution is 2.38. The predicted octanol–water partition coefficient (Wildman–Crippen LogP) is 2.70. The minimum Gasteiger partial charge on any atom is -0.376 e. The minimum atomic E-state index is -0.0794. The molecule has 1 spiro atoms. The molecule has 2 fully saturated rings. The monoisotopic (exact) mass is 408 g/mol. The van der Waals surface area contributed by atoms with E-state index >= 15 is 0 Å². The van der Waals surface area contributed by atoms with Gasteiger partial charge >= 0.3 is 0 Å². The summed E-state index contributed by atoms with van der Waals surface area (Å²) < 4.78 is 5.30. The Labute approximate surface area is 174 Å². The summed E-state index contributed by atoms with van der Waals surface area (Å²) in [5.74, 6) is 6.61. The zero-order valence-electron chi connectivity index (χ0n) is 16.2. The van der Waals surface area contributed by atoms with Crippen LogP contribution in [-0.2, 0) is 17.6 Å². The fourth-order valence-electron chi connectivity index (χ4n) is 4.39. The van der Waals surface area contributed by atoms with Gasteiger partial charge in [0.1, 0.15) is 0 Å². The van der Waals surface area contributed by atoms with Gasteiger partial charge in [-0.25, -0.2) is 9.97 Å². The number of halogens is 1. The Morgan fingerprint density at radius 2 is 2.10 bits per heavy atom. The maximum atomic E-state index is 12.7. The van der Waals surface area contributed by atoms with Crippen molar-refractivity contribution < 1.29 is 9.53 Å². The molecule has 2 saturated heterocycles. The van der Waals surface area contributed by atoms with E-state index in [1.54, 1.807) is 12.4 Å². The first-order chi connectivity index (χ1) is 14.1. The maximum Gasteiger partial charge on any atom is 0.257 e. The average Bonchev–Trinajstić information content (AvgIpc) is 3.02. The quantitative estimate of drug-likeness (QED) is 0.791. The standard InChI is InChI=1S/C22H21ClN4O2/c1-2-3-14-6-17(23)7-15-8-18(9-19(14)15)26-21-24-10-16(11-25-21)20(28)27-5-4-22(27)12-29-13-22/h6-7,10-11,18H,4-5,8-9,12-13H2,1H3,(H,24,25,26). The fraction of sp³-hybridized carbons (Fsp3) is 0.409. The molecule has 1 unspecified atom stereocenters. The van der Waals surface area contributed by atoms with Crippen molar-refractivity contribution in [3.8, 4) is 11.8 Å². The summed E-state index contributed by atoms with van der Waals surface area (Å²) in [5, 5.41) is 4.09. The number of rotatable bonds is 3. The number of anilines is 1. The first-order valence-electron chi connectivity index (χ1n) is 9.80. The molecule has 1 aromatic carbocycles. The SMILES string of the molecule is CC#Cc1cc(Cl)cc2c1CC(Nc1ncc(C(=O)N3CCC34COC4)cn1)C2. The lowest BCUT2D eigenvalue weighted by molar-refractivity contribution is -0.172. The first-order valence-corrected chi connectivity index (χ1v) is 10.2. The molecule has 1 amide bonds. The molecule has 1 N–H and O–H groups in total. The number of carbonyl (C=O) groups excluding carboxylic acids is 1. The normalized spacial score (nSPS) is 20.9. The molecule has 0 radical (unpaired) electrons. The lowest BCUT2D eigenvalue weighted by atomic mass is 9.82. The van der Waals surface area contributed by atoms with Gasteiger partial charge in [-0.1, -0.05) is 17.5 Å². The van der Waals surface area contributed by atoms with Crippen LogP contribution in [-0.4, -0.2) is 52.1 Å². The van der Waals surface area contributed by atoms with Gasteiger partial charge in [-0.2, -0.15) is 0 Å². The van der Waals surface area contributed by atoms with Gasteiger partial charge in [0.2, 0.25) is 5.95 Å². The number of benzene rings is 1. The molecule has 2 aromatic rings. The second-order valence-electron chi connectivity index (χ2n) is 7.93. The highest BCUT2D eigenvalue weighted by Gasteiger charge is 2.53. The molecule has 1 atom stereocenters. The van der Waals surface area contributed by atoms with Crippen molar-refractivity contribution in [1.82, 2.24) is 14.9 Å². The summed E-state index contributed by atoms with van der Waals surface area (Å²) in [7, 11) is 0. The lowest BCUT2D eigenvalue weighted by Gasteiger charge is -2.57. The van der Waals surface area contributed by atoms with Crippen molar-refractivity contribution in [2.24, 2.45) is 0 Å². The summed E-state index contributed by atoms with van der Waals surface area (Å²) in [6, 6.07) is 4.11. The van der Waals surface area contributed by atoms with Crippen molar-refractivity contribution in [3.05, 3.63) is 51.8 Å². The fourth-order valence-corrected chi connectivity index (χ4v) is 4.64. The van der Waals surface area contributed by atoms with Crippen molar-refractivity contribution >= 4 is 23.5 Å². The van der Waals surface area contributed by atoms with E-state index in [2.05, 4.69) is 27.1 Å². The summed E-state index contributed by atoms with van der Waals surface area (Å²) >= 11 is 6.24. The Morgan fingerprint density at radius 3 is 2.72 bits per heavy atom. The number of aromatic nitrogens is 2. The number of hydrogen-bond acceptors (Lipinski definition) is 5. The van der Waals surface area contributed by atoms with Gasteiger partial charge in [0.15, 0.2) is 0 Å². The van der Waals surface area contributed by atoms with E-state index in [9.17, 15) is 4.79 Å². The number of amides is 1. The highest BCUT2D eigenvalue weighted by molar-refractivity contribution is 6.30.